The third-order valence-electron chi connectivity index (χ3n) is 4.20. The van der Waals surface area contributed by atoms with Crippen molar-refractivity contribution in [2.24, 2.45) is 0 Å². The Bertz CT molecular complexity index is 742. The van der Waals surface area contributed by atoms with Crippen LogP contribution in [-0.2, 0) is 0 Å². The van der Waals surface area contributed by atoms with Crippen LogP contribution in [0.5, 0.6) is 0 Å². The number of rotatable bonds is 3. The third kappa shape index (κ3) is 3.88. The van der Waals surface area contributed by atoms with Crippen molar-refractivity contribution in [3.05, 3.63) is 52.5 Å². The van der Waals surface area contributed by atoms with Crippen LogP contribution in [0.2, 0.25) is 0 Å². The van der Waals surface area contributed by atoms with Gasteiger partial charge in [-0.05, 0) is 43.4 Å². The van der Waals surface area contributed by atoms with Crippen LogP contribution in [0.15, 0.2) is 46.9 Å². The first kappa shape index (κ1) is 16.8. The lowest BCUT2D eigenvalue weighted by Gasteiger charge is -2.35. The van der Waals surface area contributed by atoms with E-state index in [4.69, 9.17) is 5.73 Å². The molecule has 2 aromatic rings. The summed E-state index contributed by atoms with van der Waals surface area (Å²) in [6.45, 7) is 3.87. The van der Waals surface area contributed by atoms with Gasteiger partial charge in [-0.25, -0.2) is 0 Å². The van der Waals surface area contributed by atoms with Crippen molar-refractivity contribution in [2.75, 3.05) is 49.2 Å². The van der Waals surface area contributed by atoms with E-state index in [1.165, 1.54) is 0 Å². The molecule has 5 nitrogen and oxygen atoms in total. The number of halogens is 1. The minimum Gasteiger partial charge on any atom is -0.399 e. The van der Waals surface area contributed by atoms with Gasteiger partial charge < -0.3 is 20.9 Å². The van der Waals surface area contributed by atoms with Gasteiger partial charge in [-0.1, -0.05) is 22.0 Å². The predicted molar refractivity (Wildman–Crippen MR) is 103 cm³/mol. The number of nitrogens with two attached hydrogens (primary N) is 1. The highest BCUT2D eigenvalue weighted by Crippen LogP contribution is 2.29. The first-order valence-corrected chi connectivity index (χ1v) is 8.72. The Kier molecular flexibility index (Phi) is 5.06. The maximum absolute atomic E-state index is 12.6. The average molecular weight is 389 g/mol. The smallest absolute Gasteiger partial charge is 0.255 e. The van der Waals surface area contributed by atoms with Crippen LogP contribution in [0.3, 0.4) is 0 Å². The molecule has 0 atom stereocenters. The number of nitrogen functional groups attached to an aromatic ring is 1. The fourth-order valence-electron chi connectivity index (χ4n) is 2.80. The minimum absolute atomic E-state index is 0.141. The lowest BCUT2D eigenvalue weighted by atomic mass is 10.1. The van der Waals surface area contributed by atoms with Gasteiger partial charge in [0.15, 0.2) is 0 Å². The summed E-state index contributed by atoms with van der Waals surface area (Å²) in [6.07, 6.45) is 0. The lowest BCUT2D eigenvalue weighted by Crippen LogP contribution is -2.44. The third-order valence-corrected chi connectivity index (χ3v) is 4.69. The number of carbonyl (C=O) groups excluding carboxylic acids is 1. The normalized spacial score (nSPS) is 15.3. The Morgan fingerprint density at radius 1 is 1.12 bits per heavy atom. The highest BCUT2D eigenvalue weighted by atomic mass is 79.9. The van der Waals surface area contributed by atoms with Crippen molar-refractivity contribution in [1.82, 2.24) is 4.90 Å². The number of piperazine rings is 1. The van der Waals surface area contributed by atoms with Gasteiger partial charge in [-0.3, -0.25) is 4.79 Å². The predicted octanol–water partition coefficient (Wildman–Crippen LogP) is 3.04. The number of carbonyl (C=O) groups is 1. The molecule has 1 aliphatic heterocycles. The molecule has 126 valence electrons. The first-order chi connectivity index (χ1) is 11.5. The molecular formula is C18H21BrN4O. The quantitative estimate of drug-likeness (QED) is 0.793. The summed E-state index contributed by atoms with van der Waals surface area (Å²) in [5.41, 5.74) is 8.94. The Morgan fingerprint density at radius 3 is 2.58 bits per heavy atom. The summed E-state index contributed by atoms with van der Waals surface area (Å²) in [6, 6.07) is 13.0. The van der Waals surface area contributed by atoms with Crippen LogP contribution in [0, 0.1) is 0 Å². The molecule has 0 saturated carbocycles. The molecule has 1 fully saturated rings. The maximum atomic E-state index is 12.6. The number of hydrogen-bond acceptors (Lipinski definition) is 4. The number of nitrogens with zero attached hydrogens (tertiary/aromatic N) is 2. The second-order valence-electron chi connectivity index (χ2n) is 6.03. The molecule has 2 aromatic carbocycles. The van der Waals surface area contributed by atoms with Crippen molar-refractivity contribution in [2.45, 2.75) is 0 Å². The second-order valence-corrected chi connectivity index (χ2v) is 6.95. The van der Waals surface area contributed by atoms with Crippen molar-refractivity contribution in [1.29, 1.82) is 0 Å². The SMILES string of the molecule is CN1CCN(c2ccc(N)cc2NC(=O)c2cccc(Br)c2)CC1. The number of benzene rings is 2. The molecule has 0 spiro atoms. The van der Waals surface area contributed by atoms with E-state index in [0.717, 1.165) is 42.0 Å². The van der Waals surface area contributed by atoms with Crippen LogP contribution in [0.1, 0.15) is 10.4 Å². The fraction of sp³-hybridized carbons (Fsp3) is 0.278. The Hall–Kier alpha value is -2.05. The van der Waals surface area contributed by atoms with Crippen LogP contribution in [0.4, 0.5) is 17.1 Å². The molecule has 6 heteroatoms. The van der Waals surface area contributed by atoms with Crippen LogP contribution in [-0.4, -0.2) is 44.0 Å². The van der Waals surface area contributed by atoms with E-state index in [1.54, 1.807) is 12.1 Å². The van der Waals surface area contributed by atoms with Crippen LogP contribution < -0.4 is 16.0 Å². The minimum atomic E-state index is -0.141. The number of hydrogen-bond donors (Lipinski definition) is 2. The van der Waals surface area contributed by atoms with Crippen LogP contribution in [0.25, 0.3) is 0 Å². The molecule has 1 amide bonds. The van der Waals surface area contributed by atoms with Gasteiger partial charge in [0.25, 0.3) is 5.91 Å². The number of likely N-dealkylation sites (N-methyl/N-ethyl adjacent to an activating group) is 1. The number of nitrogens with one attached hydrogen (secondary N) is 1. The monoisotopic (exact) mass is 388 g/mol. The Morgan fingerprint density at radius 2 is 1.88 bits per heavy atom. The number of anilines is 3. The second kappa shape index (κ2) is 7.23. The molecular weight excluding hydrogens is 368 g/mol. The van der Waals surface area contributed by atoms with Gasteiger partial charge in [0.1, 0.15) is 0 Å². The first-order valence-electron chi connectivity index (χ1n) is 7.93. The molecule has 1 aliphatic rings. The zero-order valence-electron chi connectivity index (χ0n) is 13.6. The lowest BCUT2D eigenvalue weighted by molar-refractivity contribution is 0.102. The topological polar surface area (TPSA) is 61.6 Å². The van der Waals surface area contributed by atoms with Gasteiger partial charge in [-0.2, -0.15) is 0 Å². The van der Waals surface area contributed by atoms with Gasteiger partial charge in [0.2, 0.25) is 0 Å². The number of amides is 1. The van der Waals surface area contributed by atoms with Gasteiger partial charge in [0, 0.05) is 41.9 Å². The molecule has 1 saturated heterocycles. The molecule has 0 bridgehead atoms. The molecule has 24 heavy (non-hydrogen) atoms. The zero-order chi connectivity index (χ0) is 17.1. The summed E-state index contributed by atoms with van der Waals surface area (Å²) in [5, 5.41) is 3.01. The fourth-order valence-corrected chi connectivity index (χ4v) is 3.20. The molecule has 0 radical (unpaired) electrons. The molecule has 0 unspecified atom stereocenters. The summed E-state index contributed by atoms with van der Waals surface area (Å²) in [5.74, 6) is -0.141. The molecule has 3 N–H and O–H groups in total. The average Bonchev–Trinajstić information content (AvgIpc) is 2.56. The van der Waals surface area contributed by atoms with Crippen molar-refractivity contribution < 1.29 is 4.79 Å². The van der Waals surface area contributed by atoms with Crippen molar-refractivity contribution >= 4 is 38.9 Å². The maximum Gasteiger partial charge on any atom is 0.255 e. The molecule has 3 rings (SSSR count). The van der Waals surface area contributed by atoms with Gasteiger partial charge in [0.05, 0.1) is 11.4 Å². The summed E-state index contributed by atoms with van der Waals surface area (Å²) >= 11 is 3.40. The summed E-state index contributed by atoms with van der Waals surface area (Å²) in [4.78, 5) is 17.2. The van der Waals surface area contributed by atoms with Crippen molar-refractivity contribution in [3.63, 3.8) is 0 Å². The Labute approximate surface area is 150 Å². The Balaban J connectivity index is 1.84. The van der Waals surface area contributed by atoms with E-state index < -0.39 is 0 Å². The summed E-state index contributed by atoms with van der Waals surface area (Å²) < 4.78 is 0.877. The van der Waals surface area contributed by atoms with E-state index in [1.807, 2.05) is 30.3 Å². The largest absolute Gasteiger partial charge is 0.399 e. The van der Waals surface area contributed by atoms with E-state index >= 15 is 0 Å². The molecule has 0 aliphatic carbocycles. The highest BCUT2D eigenvalue weighted by Gasteiger charge is 2.18. The van der Waals surface area contributed by atoms with Gasteiger partial charge in [-0.15, -0.1) is 0 Å². The standard InChI is InChI=1S/C18H21BrN4O/c1-22-7-9-23(10-8-22)17-6-5-15(20)12-16(17)21-18(24)13-3-2-4-14(19)11-13/h2-6,11-12H,7-10,20H2,1H3,(H,21,24). The van der Waals surface area contributed by atoms with E-state index in [2.05, 4.69) is 38.1 Å². The van der Waals surface area contributed by atoms with E-state index in [0.29, 0.717) is 11.3 Å². The molecule has 0 aromatic heterocycles. The summed E-state index contributed by atoms with van der Waals surface area (Å²) in [7, 11) is 2.12. The molecule has 1 heterocycles. The van der Waals surface area contributed by atoms with Crippen LogP contribution >= 0.6 is 15.9 Å². The zero-order valence-corrected chi connectivity index (χ0v) is 15.2. The highest BCUT2D eigenvalue weighted by molar-refractivity contribution is 9.10. The van der Waals surface area contributed by atoms with E-state index in [9.17, 15) is 4.79 Å². The van der Waals surface area contributed by atoms with E-state index in [-0.39, 0.29) is 5.91 Å². The van der Waals surface area contributed by atoms with Crippen molar-refractivity contribution in [3.8, 4) is 0 Å². The van der Waals surface area contributed by atoms with Gasteiger partial charge >= 0.3 is 0 Å².